The summed E-state index contributed by atoms with van der Waals surface area (Å²) in [5, 5.41) is 3.25. The third-order valence-corrected chi connectivity index (χ3v) is 3.29. The van der Waals surface area contributed by atoms with Gasteiger partial charge in [0.2, 0.25) is 0 Å². The Bertz CT molecular complexity index is 423. The van der Waals surface area contributed by atoms with Crippen molar-refractivity contribution < 1.29 is 14.3 Å². The van der Waals surface area contributed by atoms with Gasteiger partial charge >= 0.3 is 5.97 Å². The number of ether oxygens (including phenoxy) is 2. The molecule has 0 spiro atoms. The molecule has 0 aliphatic carbocycles. The van der Waals surface area contributed by atoms with Gasteiger partial charge in [0.15, 0.2) is 6.10 Å². The topological polar surface area (TPSA) is 47.6 Å². The van der Waals surface area contributed by atoms with Crippen LogP contribution in [0.15, 0.2) is 22.7 Å². The van der Waals surface area contributed by atoms with E-state index >= 15 is 0 Å². The van der Waals surface area contributed by atoms with Crippen LogP contribution < -0.4 is 10.1 Å². The first-order valence-corrected chi connectivity index (χ1v) is 7.20. The molecule has 1 aromatic rings. The summed E-state index contributed by atoms with van der Waals surface area (Å²) in [5.74, 6) is 0.315. The van der Waals surface area contributed by atoms with Crippen molar-refractivity contribution in [3.05, 3.63) is 28.2 Å². The molecule has 1 rings (SSSR count). The first-order valence-electron chi connectivity index (χ1n) is 6.40. The fourth-order valence-corrected chi connectivity index (χ4v) is 1.92. The molecule has 0 fully saturated rings. The van der Waals surface area contributed by atoms with Crippen LogP contribution in [-0.4, -0.2) is 25.2 Å². The Labute approximate surface area is 122 Å². The molecule has 0 aliphatic rings. The van der Waals surface area contributed by atoms with Crippen LogP contribution in [0, 0.1) is 0 Å². The highest BCUT2D eigenvalue weighted by atomic mass is 79.9. The van der Waals surface area contributed by atoms with Gasteiger partial charge in [-0.2, -0.15) is 0 Å². The number of benzene rings is 1. The van der Waals surface area contributed by atoms with Crippen molar-refractivity contribution in [1.82, 2.24) is 5.32 Å². The molecule has 0 aromatic heterocycles. The van der Waals surface area contributed by atoms with Crippen molar-refractivity contribution >= 4 is 21.9 Å². The van der Waals surface area contributed by atoms with E-state index in [0.29, 0.717) is 12.4 Å². The zero-order valence-electron chi connectivity index (χ0n) is 11.5. The van der Waals surface area contributed by atoms with Crippen molar-refractivity contribution in [2.75, 3.05) is 13.2 Å². The van der Waals surface area contributed by atoms with E-state index in [4.69, 9.17) is 9.47 Å². The minimum atomic E-state index is -0.604. The van der Waals surface area contributed by atoms with Crippen LogP contribution in [0.3, 0.4) is 0 Å². The van der Waals surface area contributed by atoms with E-state index in [1.807, 2.05) is 18.2 Å². The number of hydrogen-bond acceptors (Lipinski definition) is 4. The third kappa shape index (κ3) is 5.20. The zero-order chi connectivity index (χ0) is 14.3. The maximum atomic E-state index is 11.5. The molecular weight excluding hydrogens is 310 g/mol. The van der Waals surface area contributed by atoms with Crippen LogP contribution in [0.1, 0.15) is 26.3 Å². The lowest BCUT2D eigenvalue weighted by molar-refractivity contribution is -0.150. The summed E-state index contributed by atoms with van der Waals surface area (Å²) in [6.45, 7) is 7.53. The average Bonchev–Trinajstić information content (AvgIpc) is 2.39. The number of esters is 1. The van der Waals surface area contributed by atoms with Gasteiger partial charge in [-0.25, -0.2) is 4.79 Å². The summed E-state index contributed by atoms with van der Waals surface area (Å²) in [5.41, 5.74) is 1.09. The highest BCUT2D eigenvalue weighted by molar-refractivity contribution is 9.10. The Morgan fingerprint density at radius 1 is 1.42 bits per heavy atom. The number of nitrogens with one attached hydrogen (secondary N) is 1. The quantitative estimate of drug-likeness (QED) is 0.781. The highest BCUT2D eigenvalue weighted by Crippen LogP contribution is 2.23. The van der Waals surface area contributed by atoms with E-state index in [1.165, 1.54) is 0 Å². The zero-order valence-corrected chi connectivity index (χ0v) is 13.1. The van der Waals surface area contributed by atoms with Crippen LogP contribution in [0.4, 0.5) is 0 Å². The molecule has 4 nitrogen and oxygen atoms in total. The summed E-state index contributed by atoms with van der Waals surface area (Å²) >= 11 is 3.49. The highest BCUT2D eigenvalue weighted by Gasteiger charge is 2.16. The molecule has 0 bridgehead atoms. The third-order valence-electron chi connectivity index (χ3n) is 2.51. The monoisotopic (exact) mass is 329 g/mol. The molecule has 0 saturated carbocycles. The number of carbonyl (C=O) groups excluding carboxylic acids is 1. The van der Waals surface area contributed by atoms with E-state index in [0.717, 1.165) is 23.1 Å². The Balaban J connectivity index is 2.70. The molecule has 1 aromatic carbocycles. The summed E-state index contributed by atoms with van der Waals surface area (Å²) in [6.07, 6.45) is -0.604. The maximum Gasteiger partial charge on any atom is 0.347 e. The van der Waals surface area contributed by atoms with Crippen LogP contribution in [0.2, 0.25) is 0 Å². The smallest absolute Gasteiger partial charge is 0.347 e. The lowest BCUT2D eigenvalue weighted by Crippen LogP contribution is -2.26. The molecule has 0 heterocycles. The second-order valence-corrected chi connectivity index (χ2v) is 4.90. The second-order valence-electron chi connectivity index (χ2n) is 4.05. The minimum Gasteiger partial charge on any atom is -0.479 e. The van der Waals surface area contributed by atoms with Crippen LogP contribution >= 0.6 is 15.9 Å². The van der Waals surface area contributed by atoms with E-state index in [-0.39, 0.29) is 5.97 Å². The van der Waals surface area contributed by atoms with Gasteiger partial charge in [0.25, 0.3) is 0 Å². The molecule has 1 N–H and O–H groups in total. The molecule has 0 amide bonds. The Morgan fingerprint density at radius 3 is 2.79 bits per heavy atom. The summed E-state index contributed by atoms with van der Waals surface area (Å²) < 4.78 is 11.5. The van der Waals surface area contributed by atoms with Gasteiger partial charge in [0.1, 0.15) is 5.75 Å². The van der Waals surface area contributed by atoms with Crippen LogP contribution in [0.5, 0.6) is 5.75 Å². The van der Waals surface area contributed by atoms with E-state index < -0.39 is 6.10 Å². The predicted octanol–water partition coefficient (Wildman–Crippen LogP) is 2.89. The molecule has 106 valence electrons. The van der Waals surface area contributed by atoms with E-state index in [2.05, 4.69) is 28.2 Å². The minimum absolute atomic E-state index is 0.348. The molecule has 0 aliphatic heterocycles. The fourth-order valence-electron chi connectivity index (χ4n) is 1.53. The number of carbonyl (C=O) groups is 1. The standard InChI is InChI=1S/C14H20BrNO3/c1-4-16-9-11-8-12(6-7-13(11)15)19-10(3)14(17)18-5-2/h6-8,10,16H,4-5,9H2,1-3H3. The first kappa shape index (κ1) is 16.0. The fraction of sp³-hybridized carbons (Fsp3) is 0.500. The van der Waals surface area contributed by atoms with E-state index in [1.54, 1.807) is 13.8 Å². The normalized spacial score (nSPS) is 12.0. The van der Waals surface area contributed by atoms with Crippen molar-refractivity contribution in [3.8, 4) is 5.75 Å². The summed E-state index contributed by atoms with van der Waals surface area (Å²) in [4.78, 5) is 11.5. The Morgan fingerprint density at radius 2 is 2.16 bits per heavy atom. The molecule has 0 radical (unpaired) electrons. The van der Waals surface area contributed by atoms with Crippen molar-refractivity contribution in [2.45, 2.75) is 33.4 Å². The SMILES string of the molecule is CCNCc1cc(OC(C)C(=O)OCC)ccc1Br. The molecular formula is C14H20BrNO3. The van der Waals surface area contributed by atoms with Crippen LogP contribution in [-0.2, 0) is 16.1 Å². The number of rotatable bonds is 7. The molecule has 19 heavy (non-hydrogen) atoms. The van der Waals surface area contributed by atoms with Crippen molar-refractivity contribution in [2.24, 2.45) is 0 Å². The largest absolute Gasteiger partial charge is 0.479 e. The van der Waals surface area contributed by atoms with Crippen molar-refractivity contribution in [3.63, 3.8) is 0 Å². The van der Waals surface area contributed by atoms with Gasteiger partial charge in [0, 0.05) is 11.0 Å². The summed E-state index contributed by atoms with van der Waals surface area (Å²) in [7, 11) is 0. The lowest BCUT2D eigenvalue weighted by atomic mass is 10.2. The van der Waals surface area contributed by atoms with Gasteiger partial charge in [0.05, 0.1) is 6.61 Å². The number of hydrogen-bond donors (Lipinski definition) is 1. The average molecular weight is 330 g/mol. The van der Waals surface area contributed by atoms with Crippen molar-refractivity contribution in [1.29, 1.82) is 0 Å². The Kier molecular flexibility index (Phi) is 6.87. The number of halogens is 1. The Hall–Kier alpha value is -1.07. The molecule has 1 atom stereocenters. The van der Waals surface area contributed by atoms with Gasteiger partial charge in [-0.3, -0.25) is 0 Å². The molecule has 1 unspecified atom stereocenters. The summed E-state index contributed by atoms with van der Waals surface area (Å²) in [6, 6.07) is 5.66. The van der Waals surface area contributed by atoms with Gasteiger partial charge in [-0.1, -0.05) is 22.9 Å². The van der Waals surface area contributed by atoms with Gasteiger partial charge < -0.3 is 14.8 Å². The first-order chi connectivity index (χ1) is 9.08. The van der Waals surface area contributed by atoms with E-state index in [9.17, 15) is 4.79 Å². The van der Waals surface area contributed by atoms with Gasteiger partial charge in [-0.15, -0.1) is 0 Å². The maximum absolute atomic E-state index is 11.5. The molecule has 5 heteroatoms. The molecule has 0 saturated heterocycles. The lowest BCUT2D eigenvalue weighted by Gasteiger charge is -2.15. The predicted molar refractivity (Wildman–Crippen MR) is 78.2 cm³/mol. The van der Waals surface area contributed by atoms with Crippen LogP contribution in [0.25, 0.3) is 0 Å². The second kappa shape index (κ2) is 8.17. The van der Waals surface area contributed by atoms with Gasteiger partial charge in [-0.05, 0) is 44.2 Å².